The van der Waals surface area contributed by atoms with Crippen molar-refractivity contribution in [1.82, 2.24) is 10.6 Å². The Labute approximate surface area is 201 Å². The van der Waals surface area contributed by atoms with Crippen LogP contribution in [-0.2, 0) is 20.8 Å². The van der Waals surface area contributed by atoms with E-state index in [-0.39, 0.29) is 10.0 Å². The van der Waals surface area contributed by atoms with E-state index < -0.39 is 23.6 Å². The number of amides is 3. The fourth-order valence-electron chi connectivity index (χ4n) is 3.42. The molecule has 0 aromatic heterocycles. The number of benzene rings is 2. The molecule has 2 fully saturated rings. The van der Waals surface area contributed by atoms with Gasteiger partial charge < -0.3 is 10.6 Å². The van der Waals surface area contributed by atoms with Gasteiger partial charge in [-0.15, -0.1) is 0 Å². The van der Waals surface area contributed by atoms with Gasteiger partial charge in [-0.1, -0.05) is 25.1 Å². The van der Waals surface area contributed by atoms with Crippen LogP contribution >= 0.6 is 24.0 Å². The molecule has 2 N–H and O–H groups in total. The summed E-state index contributed by atoms with van der Waals surface area (Å²) in [6.45, 7) is 5.98. The second kappa shape index (κ2) is 9.29. The topological polar surface area (TPSA) is 90.9 Å². The lowest BCUT2D eigenvalue weighted by atomic mass is 10.0. The van der Waals surface area contributed by atoms with E-state index in [4.69, 9.17) is 12.2 Å². The molecule has 33 heavy (non-hydrogen) atoms. The van der Waals surface area contributed by atoms with Crippen molar-refractivity contribution in [2.75, 3.05) is 4.90 Å². The van der Waals surface area contributed by atoms with Crippen LogP contribution in [0.5, 0.6) is 0 Å². The number of aryl methyl sites for hydroxylation is 3. The van der Waals surface area contributed by atoms with E-state index in [2.05, 4.69) is 22.5 Å². The Hall–Kier alpha value is -3.30. The van der Waals surface area contributed by atoms with Crippen LogP contribution in [0.3, 0.4) is 0 Å². The average Bonchev–Trinajstić information content (AvgIpc) is 3.12. The Morgan fingerprint density at radius 1 is 1.06 bits per heavy atom. The monoisotopic (exact) mass is 478 g/mol. The molecule has 0 spiro atoms. The first kappa shape index (κ1) is 22.9. The number of nitrogens with one attached hydrogen (secondary N) is 2. The zero-order chi connectivity index (χ0) is 23.7. The van der Waals surface area contributed by atoms with Gasteiger partial charge in [-0.3, -0.25) is 19.3 Å². The van der Waals surface area contributed by atoms with E-state index in [1.165, 1.54) is 16.5 Å². The van der Waals surface area contributed by atoms with Gasteiger partial charge in [-0.2, -0.15) is 0 Å². The molecular formula is C24H22N4O3S2. The number of anilines is 1. The van der Waals surface area contributed by atoms with Crippen LogP contribution in [0.2, 0.25) is 0 Å². The number of amidine groups is 1. The lowest BCUT2D eigenvalue weighted by Gasteiger charge is -2.31. The van der Waals surface area contributed by atoms with Gasteiger partial charge in [0.05, 0.1) is 16.3 Å². The first-order valence-corrected chi connectivity index (χ1v) is 11.6. The first-order valence-electron chi connectivity index (χ1n) is 10.4. The van der Waals surface area contributed by atoms with Crippen LogP contribution in [0.15, 0.2) is 58.4 Å². The minimum atomic E-state index is -1.19. The summed E-state index contributed by atoms with van der Waals surface area (Å²) in [5.41, 5.74) is 4.53. The van der Waals surface area contributed by atoms with Crippen molar-refractivity contribution in [2.24, 2.45) is 10.9 Å². The molecule has 7 nitrogen and oxygen atoms in total. The van der Waals surface area contributed by atoms with Crippen LogP contribution < -0.4 is 15.5 Å². The normalized spacial score (nSPS) is 21.1. The summed E-state index contributed by atoms with van der Waals surface area (Å²) in [6.07, 6.45) is 2.30. The molecule has 2 aliphatic rings. The fourth-order valence-corrected chi connectivity index (χ4v) is 4.56. The Morgan fingerprint density at radius 2 is 1.79 bits per heavy atom. The largest absolute Gasteiger partial charge is 0.301 e. The summed E-state index contributed by atoms with van der Waals surface area (Å²) in [4.78, 5) is 44.3. The van der Waals surface area contributed by atoms with Crippen LogP contribution in [0.1, 0.15) is 23.6 Å². The highest BCUT2D eigenvalue weighted by Crippen LogP contribution is 2.30. The van der Waals surface area contributed by atoms with Gasteiger partial charge in [0.15, 0.2) is 10.3 Å². The van der Waals surface area contributed by atoms with Crippen molar-refractivity contribution in [1.29, 1.82) is 0 Å². The molecule has 0 bridgehead atoms. The molecule has 2 aromatic rings. The number of nitrogens with zero attached hydrogens (tertiary/aromatic N) is 2. The molecule has 2 aromatic carbocycles. The maximum absolute atomic E-state index is 13.2. The van der Waals surface area contributed by atoms with Crippen LogP contribution in [0.25, 0.3) is 0 Å². The Balaban J connectivity index is 1.58. The van der Waals surface area contributed by atoms with Crippen molar-refractivity contribution in [3.63, 3.8) is 0 Å². The highest BCUT2D eigenvalue weighted by Gasteiger charge is 2.39. The molecule has 9 heteroatoms. The molecule has 3 amide bonds. The van der Waals surface area contributed by atoms with Gasteiger partial charge in [-0.05, 0) is 91.3 Å². The van der Waals surface area contributed by atoms with Crippen molar-refractivity contribution >= 4 is 63.4 Å². The molecule has 2 saturated heterocycles. The lowest BCUT2D eigenvalue weighted by molar-refractivity contribution is -0.131. The van der Waals surface area contributed by atoms with Crippen molar-refractivity contribution < 1.29 is 14.4 Å². The molecule has 0 saturated carbocycles. The molecule has 0 radical (unpaired) electrons. The number of thioether (sulfide) groups is 1. The summed E-state index contributed by atoms with van der Waals surface area (Å²) in [5.74, 6) is -2.66. The SMILES string of the molecule is CCc1ccc(N=C2NC(=O)/C(=C\[C@H]3C(=O)NC(=S)N(c4ccc(C)c(C)c4)C3=O)S2)cc1. The third-order valence-corrected chi connectivity index (χ3v) is 6.71. The zero-order valence-corrected chi connectivity index (χ0v) is 20.0. The van der Waals surface area contributed by atoms with Gasteiger partial charge in [0.1, 0.15) is 5.92 Å². The summed E-state index contributed by atoms with van der Waals surface area (Å²) in [7, 11) is 0. The minimum absolute atomic E-state index is 0.0178. The van der Waals surface area contributed by atoms with Gasteiger partial charge in [0, 0.05) is 0 Å². The van der Waals surface area contributed by atoms with Gasteiger partial charge in [0.25, 0.3) is 5.91 Å². The standard InChI is InChI=1S/C24H22N4O3S2/c1-4-15-6-8-16(9-7-15)25-23-26-21(30)19(33-23)12-18-20(29)27-24(32)28(22(18)31)17-10-5-13(2)14(3)11-17/h5-12,18H,4H2,1-3H3,(H,25,26,30)(H,27,29,32)/b19-12+/t18-/m0/s1. The smallest absolute Gasteiger partial charge is 0.263 e. The molecular weight excluding hydrogens is 456 g/mol. The average molecular weight is 479 g/mol. The maximum Gasteiger partial charge on any atom is 0.263 e. The molecule has 1 atom stereocenters. The number of rotatable bonds is 4. The van der Waals surface area contributed by atoms with Crippen LogP contribution in [0.4, 0.5) is 11.4 Å². The van der Waals surface area contributed by atoms with E-state index in [9.17, 15) is 14.4 Å². The van der Waals surface area contributed by atoms with Gasteiger partial charge >= 0.3 is 0 Å². The number of carbonyl (C=O) groups is 3. The molecule has 168 valence electrons. The summed E-state index contributed by atoms with van der Waals surface area (Å²) in [5, 5.41) is 5.67. The fraction of sp³-hybridized carbons (Fsp3) is 0.208. The minimum Gasteiger partial charge on any atom is -0.301 e. The Morgan fingerprint density at radius 3 is 2.45 bits per heavy atom. The second-order valence-electron chi connectivity index (χ2n) is 7.74. The maximum atomic E-state index is 13.2. The van der Waals surface area contributed by atoms with Crippen LogP contribution in [-0.4, -0.2) is 28.0 Å². The third kappa shape index (κ3) is 4.74. The number of hydrogen-bond donors (Lipinski definition) is 2. The summed E-state index contributed by atoms with van der Waals surface area (Å²) >= 11 is 6.35. The zero-order valence-electron chi connectivity index (χ0n) is 18.3. The highest BCUT2D eigenvalue weighted by molar-refractivity contribution is 8.18. The van der Waals surface area contributed by atoms with E-state index in [0.29, 0.717) is 16.5 Å². The molecule has 2 aliphatic heterocycles. The molecule has 4 rings (SSSR count). The summed E-state index contributed by atoms with van der Waals surface area (Å²) < 4.78 is 0. The van der Waals surface area contributed by atoms with E-state index in [0.717, 1.165) is 29.3 Å². The van der Waals surface area contributed by atoms with E-state index in [1.54, 1.807) is 6.07 Å². The molecule has 0 unspecified atom stereocenters. The van der Waals surface area contributed by atoms with Gasteiger partial charge in [0.2, 0.25) is 11.8 Å². The Kier molecular flexibility index (Phi) is 6.44. The molecule has 2 heterocycles. The quantitative estimate of drug-likeness (QED) is 0.398. The lowest BCUT2D eigenvalue weighted by Crippen LogP contribution is -2.57. The number of thiocarbonyl (C=S) groups is 1. The van der Waals surface area contributed by atoms with E-state index in [1.807, 2.05) is 50.2 Å². The van der Waals surface area contributed by atoms with Crippen molar-refractivity contribution in [3.8, 4) is 0 Å². The van der Waals surface area contributed by atoms with E-state index >= 15 is 0 Å². The number of hydrogen-bond acceptors (Lipinski definition) is 6. The molecule has 0 aliphatic carbocycles. The summed E-state index contributed by atoms with van der Waals surface area (Å²) in [6, 6.07) is 13.2. The Bertz CT molecular complexity index is 1230. The highest BCUT2D eigenvalue weighted by atomic mass is 32.2. The van der Waals surface area contributed by atoms with Crippen molar-refractivity contribution in [3.05, 3.63) is 70.1 Å². The predicted octanol–water partition coefficient (Wildman–Crippen LogP) is 3.66. The second-order valence-corrected chi connectivity index (χ2v) is 9.16. The van der Waals surface area contributed by atoms with Crippen LogP contribution in [0, 0.1) is 19.8 Å². The van der Waals surface area contributed by atoms with Gasteiger partial charge in [-0.25, -0.2) is 4.99 Å². The number of aliphatic imine (C=N–C) groups is 1. The van der Waals surface area contributed by atoms with Crippen molar-refractivity contribution in [2.45, 2.75) is 27.2 Å². The third-order valence-electron chi connectivity index (χ3n) is 5.49. The first-order chi connectivity index (χ1) is 15.8. The number of carbonyl (C=O) groups excluding carboxylic acids is 3. The predicted molar refractivity (Wildman–Crippen MR) is 134 cm³/mol.